The highest BCUT2D eigenvalue weighted by Crippen LogP contribution is 2.05. The van der Waals surface area contributed by atoms with Crippen molar-refractivity contribution >= 4 is 29.7 Å². The number of aliphatic carboxylic acids is 3. The number of carboxylic acids is 3. The monoisotopic (exact) mass is 419 g/mol. The largest absolute Gasteiger partial charge is 0.480 e. The highest BCUT2D eigenvalue weighted by atomic mass is 16.4. The summed E-state index contributed by atoms with van der Waals surface area (Å²) in [7, 11) is 2.58. The van der Waals surface area contributed by atoms with E-state index in [4.69, 9.17) is 5.11 Å². The van der Waals surface area contributed by atoms with Crippen LogP contribution in [-0.4, -0.2) is 108 Å². The van der Waals surface area contributed by atoms with E-state index in [1.54, 1.807) is 0 Å². The number of amides is 2. The van der Waals surface area contributed by atoms with Gasteiger partial charge in [0.15, 0.2) is 11.1 Å². The molecule has 2 atom stereocenters. The molecule has 0 aromatic carbocycles. The summed E-state index contributed by atoms with van der Waals surface area (Å²) in [6.07, 6.45) is 0. The lowest BCUT2D eigenvalue weighted by Crippen LogP contribution is -2.61. The van der Waals surface area contributed by atoms with E-state index in [0.29, 0.717) is 0 Å². The summed E-state index contributed by atoms with van der Waals surface area (Å²) in [6, 6.07) is 0. The maximum atomic E-state index is 11.8. The first-order valence-electron chi connectivity index (χ1n) is 8.70. The van der Waals surface area contributed by atoms with Crippen LogP contribution in [0.25, 0.3) is 0 Å². The van der Waals surface area contributed by atoms with Gasteiger partial charge >= 0.3 is 17.9 Å². The van der Waals surface area contributed by atoms with Gasteiger partial charge in [-0.05, 0) is 13.8 Å². The van der Waals surface area contributed by atoms with Gasteiger partial charge in [0.1, 0.15) is 0 Å². The zero-order valence-electron chi connectivity index (χ0n) is 16.9. The first-order chi connectivity index (χ1) is 13.3. The lowest BCUT2D eigenvalue weighted by Gasteiger charge is -2.28. The Labute approximate surface area is 167 Å². The van der Waals surface area contributed by atoms with Crippen molar-refractivity contribution in [1.82, 2.24) is 26.2 Å². The third-order valence-corrected chi connectivity index (χ3v) is 4.39. The molecule has 0 aliphatic carbocycles. The minimum Gasteiger partial charge on any atom is -0.480 e. The summed E-state index contributed by atoms with van der Waals surface area (Å²) >= 11 is 0. The van der Waals surface area contributed by atoms with Gasteiger partial charge in [-0.2, -0.15) is 0 Å². The minimum atomic E-state index is -1.90. The van der Waals surface area contributed by atoms with Crippen LogP contribution in [-0.2, 0) is 24.0 Å². The molecule has 13 nitrogen and oxygen atoms in total. The van der Waals surface area contributed by atoms with Crippen molar-refractivity contribution in [2.45, 2.75) is 24.9 Å². The van der Waals surface area contributed by atoms with Crippen LogP contribution in [0.2, 0.25) is 0 Å². The van der Waals surface area contributed by atoms with Crippen LogP contribution in [0.1, 0.15) is 13.8 Å². The number of hydrogen-bond acceptors (Lipinski definition) is 8. The predicted octanol–water partition coefficient (Wildman–Crippen LogP) is -3.27. The van der Waals surface area contributed by atoms with Gasteiger partial charge in [0.05, 0.1) is 6.54 Å². The molecule has 0 fully saturated rings. The molecule has 2 amide bonds. The van der Waals surface area contributed by atoms with Crippen LogP contribution in [0.4, 0.5) is 0 Å². The van der Waals surface area contributed by atoms with Crippen LogP contribution in [0, 0.1) is 0 Å². The van der Waals surface area contributed by atoms with Gasteiger partial charge in [0, 0.05) is 40.3 Å². The third-order valence-electron chi connectivity index (χ3n) is 4.39. The maximum Gasteiger partial charge on any atom is 0.333 e. The van der Waals surface area contributed by atoms with Crippen LogP contribution < -0.4 is 21.3 Å². The Bertz CT molecular complexity index is 597. The molecule has 7 N–H and O–H groups in total. The van der Waals surface area contributed by atoms with Crippen LogP contribution in [0.5, 0.6) is 0 Å². The van der Waals surface area contributed by atoms with Crippen molar-refractivity contribution in [3.8, 4) is 0 Å². The molecule has 0 saturated heterocycles. The SMILES string of the molecule is CNC(=O)C(C)(NCCN(CCNC(C)(C(=O)O)C(=O)NC)CC(=O)O)C(=O)O. The first-order valence-corrected chi connectivity index (χ1v) is 8.70. The second kappa shape index (κ2) is 11.3. The average molecular weight is 419 g/mol. The van der Waals surface area contributed by atoms with Crippen molar-refractivity contribution in [2.75, 3.05) is 46.8 Å². The van der Waals surface area contributed by atoms with Gasteiger partial charge in [-0.15, -0.1) is 0 Å². The summed E-state index contributed by atoms with van der Waals surface area (Å²) in [4.78, 5) is 58.8. The van der Waals surface area contributed by atoms with E-state index in [1.165, 1.54) is 32.8 Å². The van der Waals surface area contributed by atoms with E-state index in [1.807, 2.05) is 0 Å². The Morgan fingerprint density at radius 1 is 0.759 bits per heavy atom. The Balaban J connectivity index is 4.97. The number of hydrogen-bond donors (Lipinski definition) is 7. The third kappa shape index (κ3) is 7.29. The van der Waals surface area contributed by atoms with E-state index >= 15 is 0 Å². The summed E-state index contributed by atoms with van der Waals surface area (Å²) in [6.45, 7) is 1.99. The van der Waals surface area contributed by atoms with E-state index in [0.717, 1.165) is 0 Å². The molecule has 29 heavy (non-hydrogen) atoms. The fourth-order valence-electron chi connectivity index (χ4n) is 2.40. The quantitative estimate of drug-likeness (QED) is 0.139. The maximum absolute atomic E-state index is 11.8. The predicted molar refractivity (Wildman–Crippen MR) is 100 cm³/mol. The van der Waals surface area contributed by atoms with Gasteiger partial charge < -0.3 is 26.0 Å². The van der Waals surface area contributed by atoms with Crippen molar-refractivity contribution in [3.63, 3.8) is 0 Å². The molecule has 0 aliphatic rings. The van der Waals surface area contributed by atoms with Crippen LogP contribution in [0.15, 0.2) is 0 Å². The topological polar surface area (TPSA) is 197 Å². The fourth-order valence-corrected chi connectivity index (χ4v) is 2.40. The molecule has 0 aromatic rings. The van der Waals surface area contributed by atoms with Gasteiger partial charge in [-0.3, -0.25) is 29.9 Å². The Hall–Kier alpha value is -2.77. The Morgan fingerprint density at radius 2 is 1.10 bits per heavy atom. The first kappa shape index (κ1) is 26.2. The molecule has 0 spiro atoms. The summed E-state index contributed by atoms with van der Waals surface area (Å²) in [5, 5.41) is 37.2. The second-order valence-electron chi connectivity index (χ2n) is 6.54. The second-order valence-corrected chi connectivity index (χ2v) is 6.54. The van der Waals surface area contributed by atoms with Crippen molar-refractivity contribution in [1.29, 1.82) is 0 Å². The molecular formula is C16H29N5O8. The molecular weight excluding hydrogens is 390 g/mol. The zero-order chi connectivity index (χ0) is 22.8. The van der Waals surface area contributed by atoms with Crippen LogP contribution in [0.3, 0.4) is 0 Å². The van der Waals surface area contributed by atoms with E-state index in [2.05, 4.69) is 21.3 Å². The molecule has 0 rings (SSSR count). The van der Waals surface area contributed by atoms with E-state index in [-0.39, 0.29) is 26.2 Å². The molecule has 13 heteroatoms. The smallest absolute Gasteiger partial charge is 0.333 e. The van der Waals surface area contributed by atoms with E-state index in [9.17, 15) is 34.2 Å². The number of nitrogens with zero attached hydrogens (tertiary/aromatic N) is 1. The summed E-state index contributed by atoms with van der Waals surface area (Å²) in [5.41, 5.74) is -3.80. The molecule has 0 radical (unpaired) electrons. The average Bonchev–Trinajstić information content (AvgIpc) is 2.65. The van der Waals surface area contributed by atoms with Gasteiger partial charge in [-0.1, -0.05) is 0 Å². The lowest BCUT2D eigenvalue weighted by atomic mass is 10.0. The normalized spacial score (nSPS) is 15.1. The number of likely N-dealkylation sites (N-methyl/N-ethyl adjacent to an activating group) is 2. The van der Waals surface area contributed by atoms with Crippen LogP contribution >= 0.6 is 0 Å². The van der Waals surface area contributed by atoms with Crippen molar-refractivity contribution < 1.29 is 39.3 Å². The molecule has 0 bridgehead atoms. The number of rotatable bonds is 14. The Kier molecular flexibility index (Phi) is 10.2. The fraction of sp³-hybridized carbons (Fsp3) is 0.688. The summed E-state index contributed by atoms with van der Waals surface area (Å²) < 4.78 is 0. The standard InChI is InChI=1S/C16H29N5O8/c1-15(13(26)27,11(24)17-3)19-5-7-21(9-10(22)23)8-6-20-16(2,14(28)29)12(25)18-4/h19-20H,5-9H2,1-4H3,(H,17,24)(H,18,25)(H,22,23)(H,26,27)(H,28,29). The minimum absolute atomic E-state index is 0.0326. The molecule has 0 saturated carbocycles. The Morgan fingerprint density at radius 3 is 1.34 bits per heavy atom. The number of carbonyl (C=O) groups is 5. The molecule has 2 unspecified atom stereocenters. The van der Waals surface area contributed by atoms with Gasteiger partial charge in [0.25, 0.3) is 11.8 Å². The van der Waals surface area contributed by atoms with Gasteiger partial charge in [0.2, 0.25) is 0 Å². The lowest BCUT2D eigenvalue weighted by molar-refractivity contribution is -0.151. The highest BCUT2D eigenvalue weighted by Gasteiger charge is 2.41. The number of carbonyl (C=O) groups excluding carboxylic acids is 2. The highest BCUT2D eigenvalue weighted by molar-refractivity contribution is 6.06. The molecule has 0 aliphatic heterocycles. The van der Waals surface area contributed by atoms with Crippen molar-refractivity contribution in [2.24, 2.45) is 0 Å². The molecule has 0 aromatic heterocycles. The molecule has 166 valence electrons. The number of carboxylic acid groups (broad SMARTS) is 3. The molecule has 0 heterocycles. The summed E-state index contributed by atoms with van der Waals surface area (Å²) in [5.74, 6) is -5.47. The zero-order valence-corrected chi connectivity index (χ0v) is 16.9. The van der Waals surface area contributed by atoms with Gasteiger partial charge in [-0.25, -0.2) is 9.59 Å². The number of nitrogens with one attached hydrogen (secondary N) is 4. The van der Waals surface area contributed by atoms with E-state index < -0.39 is 47.3 Å². The van der Waals surface area contributed by atoms with Crippen molar-refractivity contribution in [3.05, 3.63) is 0 Å².